The summed E-state index contributed by atoms with van der Waals surface area (Å²) in [5.41, 5.74) is 2.26. The van der Waals surface area contributed by atoms with Gasteiger partial charge in [-0.2, -0.15) is 0 Å². The maximum absolute atomic E-state index is 5.95. The zero-order chi connectivity index (χ0) is 13.0. The van der Waals surface area contributed by atoms with E-state index in [9.17, 15) is 0 Å². The minimum absolute atomic E-state index is 0.119. The Morgan fingerprint density at radius 3 is 2.50 bits per heavy atom. The highest BCUT2D eigenvalue weighted by atomic mass is 79.9. The predicted molar refractivity (Wildman–Crippen MR) is 78.9 cm³/mol. The molecule has 0 saturated carbocycles. The van der Waals surface area contributed by atoms with E-state index in [0.717, 1.165) is 21.3 Å². The van der Waals surface area contributed by atoms with Crippen molar-refractivity contribution < 1.29 is 4.74 Å². The fourth-order valence-corrected chi connectivity index (χ4v) is 1.98. The quantitative estimate of drug-likeness (QED) is 0.717. The smallest absolute Gasteiger partial charge is 0.142 e. The Morgan fingerprint density at radius 2 is 1.89 bits per heavy atom. The second kappa shape index (κ2) is 5.87. The van der Waals surface area contributed by atoms with Crippen molar-refractivity contribution in [3.63, 3.8) is 0 Å². The fourth-order valence-electron chi connectivity index (χ4n) is 1.73. The number of rotatable bonds is 4. The lowest BCUT2D eigenvalue weighted by Crippen LogP contribution is -2.04. The van der Waals surface area contributed by atoms with Crippen LogP contribution < -0.4 is 4.74 Å². The van der Waals surface area contributed by atoms with Crippen LogP contribution in [0.25, 0.3) is 0 Å². The van der Waals surface area contributed by atoms with Gasteiger partial charge in [0.1, 0.15) is 11.9 Å². The molecule has 0 fully saturated rings. The van der Waals surface area contributed by atoms with Crippen LogP contribution in [0.2, 0.25) is 0 Å². The molecule has 0 aliphatic carbocycles. The van der Waals surface area contributed by atoms with E-state index in [0.29, 0.717) is 0 Å². The molecule has 0 heterocycles. The minimum atomic E-state index is -0.119. The van der Waals surface area contributed by atoms with Crippen molar-refractivity contribution in [1.82, 2.24) is 0 Å². The first kappa shape index (κ1) is 12.9. The van der Waals surface area contributed by atoms with Gasteiger partial charge in [-0.25, -0.2) is 0 Å². The van der Waals surface area contributed by atoms with Gasteiger partial charge in [-0.3, -0.25) is 0 Å². The molecule has 0 aliphatic heterocycles. The molecule has 0 amide bonds. The molecule has 0 radical (unpaired) electrons. The molecule has 2 rings (SSSR count). The van der Waals surface area contributed by atoms with Gasteiger partial charge in [0.2, 0.25) is 0 Å². The summed E-state index contributed by atoms with van der Waals surface area (Å²) in [5, 5.41) is 0. The third kappa shape index (κ3) is 3.02. The fraction of sp³-hybridized carbons (Fsp3) is 0.125. The lowest BCUT2D eigenvalue weighted by molar-refractivity contribution is 0.255. The number of benzene rings is 2. The standard InChI is InChI=1S/C16H15BrO/c1-3-16(13-7-5-4-6-8-13)18-14-9-10-15(17)12(2)11-14/h3-11,16H,1H2,2H3. The molecule has 2 aromatic rings. The largest absolute Gasteiger partial charge is 0.482 e. The van der Waals surface area contributed by atoms with E-state index in [1.165, 1.54) is 0 Å². The third-order valence-corrected chi connectivity index (χ3v) is 3.62. The maximum atomic E-state index is 5.95. The van der Waals surface area contributed by atoms with Gasteiger partial charge < -0.3 is 4.74 Å². The summed E-state index contributed by atoms with van der Waals surface area (Å²) in [6, 6.07) is 16.0. The Labute approximate surface area is 116 Å². The number of hydrogen-bond acceptors (Lipinski definition) is 1. The van der Waals surface area contributed by atoms with E-state index in [-0.39, 0.29) is 6.10 Å². The second-order valence-corrected chi connectivity index (χ2v) is 4.95. The molecule has 92 valence electrons. The molecule has 1 nitrogen and oxygen atoms in total. The lowest BCUT2D eigenvalue weighted by Gasteiger charge is -2.16. The molecule has 0 aliphatic rings. The number of hydrogen-bond donors (Lipinski definition) is 0. The summed E-state index contributed by atoms with van der Waals surface area (Å²) in [6.45, 7) is 5.88. The first-order chi connectivity index (χ1) is 8.70. The van der Waals surface area contributed by atoms with Gasteiger partial charge in [-0.1, -0.05) is 52.8 Å². The van der Waals surface area contributed by atoms with Gasteiger partial charge in [0.25, 0.3) is 0 Å². The summed E-state index contributed by atoms with van der Waals surface area (Å²) >= 11 is 3.48. The minimum Gasteiger partial charge on any atom is -0.482 e. The third-order valence-electron chi connectivity index (χ3n) is 2.73. The molecule has 18 heavy (non-hydrogen) atoms. The van der Waals surface area contributed by atoms with Crippen molar-refractivity contribution >= 4 is 15.9 Å². The second-order valence-electron chi connectivity index (χ2n) is 4.10. The van der Waals surface area contributed by atoms with Crippen LogP contribution in [0.1, 0.15) is 17.2 Å². The van der Waals surface area contributed by atoms with Crippen LogP contribution in [0.5, 0.6) is 5.75 Å². The first-order valence-corrected chi connectivity index (χ1v) is 6.60. The predicted octanol–water partition coefficient (Wildman–Crippen LogP) is 5.06. The Balaban J connectivity index is 2.21. The summed E-state index contributed by atoms with van der Waals surface area (Å²) in [5.74, 6) is 0.851. The van der Waals surface area contributed by atoms with Crippen molar-refractivity contribution in [3.8, 4) is 5.75 Å². The van der Waals surface area contributed by atoms with Crippen molar-refractivity contribution in [2.45, 2.75) is 13.0 Å². The SMILES string of the molecule is C=CC(Oc1ccc(Br)c(C)c1)c1ccccc1. The molecule has 0 N–H and O–H groups in total. The summed E-state index contributed by atoms with van der Waals surface area (Å²) < 4.78 is 7.03. The van der Waals surface area contributed by atoms with Crippen LogP contribution in [-0.4, -0.2) is 0 Å². The average molecular weight is 303 g/mol. The Hall–Kier alpha value is -1.54. The molecule has 2 aromatic carbocycles. The molecular weight excluding hydrogens is 288 g/mol. The van der Waals surface area contributed by atoms with Gasteiger partial charge in [0, 0.05) is 4.47 Å². The lowest BCUT2D eigenvalue weighted by atomic mass is 10.1. The zero-order valence-corrected chi connectivity index (χ0v) is 11.9. The highest BCUT2D eigenvalue weighted by molar-refractivity contribution is 9.10. The summed E-state index contributed by atoms with van der Waals surface area (Å²) in [6.07, 6.45) is 1.69. The van der Waals surface area contributed by atoms with Crippen LogP contribution in [0.3, 0.4) is 0 Å². The normalized spacial score (nSPS) is 11.9. The van der Waals surface area contributed by atoms with Gasteiger partial charge in [0.05, 0.1) is 0 Å². The molecular formula is C16H15BrO. The van der Waals surface area contributed by atoms with E-state index < -0.39 is 0 Å². The highest BCUT2D eigenvalue weighted by Crippen LogP contribution is 2.26. The van der Waals surface area contributed by atoms with Crippen molar-refractivity contribution in [2.75, 3.05) is 0 Å². The van der Waals surface area contributed by atoms with Crippen LogP contribution in [-0.2, 0) is 0 Å². The van der Waals surface area contributed by atoms with Gasteiger partial charge >= 0.3 is 0 Å². The number of halogens is 1. The molecule has 0 saturated heterocycles. The maximum Gasteiger partial charge on any atom is 0.142 e. The molecule has 1 atom stereocenters. The van der Waals surface area contributed by atoms with Crippen LogP contribution >= 0.6 is 15.9 Å². The van der Waals surface area contributed by atoms with Gasteiger partial charge in [-0.05, 0) is 42.3 Å². The Kier molecular flexibility index (Phi) is 4.21. The Morgan fingerprint density at radius 1 is 1.17 bits per heavy atom. The molecule has 0 bridgehead atoms. The number of ether oxygens (including phenoxy) is 1. The van der Waals surface area contributed by atoms with Crippen LogP contribution in [0.4, 0.5) is 0 Å². The molecule has 1 unspecified atom stereocenters. The molecule has 2 heteroatoms. The van der Waals surface area contributed by atoms with E-state index in [4.69, 9.17) is 4.74 Å². The zero-order valence-electron chi connectivity index (χ0n) is 10.3. The first-order valence-electron chi connectivity index (χ1n) is 5.81. The van der Waals surface area contributed by atoms with Crippen LogP contribution in [0, 0.1) is 6.92 Å². The van der Waals surface area contributed by atoms with Crippen LogP contribution in [0.15, 0.2) is 65.7 Å². The molecule has 0 spiro atoms. The van der Waals surface area contributed by atoms with Gasteiger partial charge in [-0.15, -0.1) is 0 Å². The van der Waals surface area contributed by atoms with E-state index in [1.54, 1.807) is 0 Å². The molecule has 0 aromatic heterocycles. The topological polar surface area (TPSA) is 9.23 Å². The van der Waals surface area contributed by atoms with E-state index >= 15 is 0 Å². The number of aryl methyl sites for hydroxylation is 1. The van der Waals surface area contributed by atoms with Crippen molar-refractivity contribution in [2.24, 2.45) is 0 Å². The van der Waals surface area contributed by atoms with Crippen molar-refractivity contribution in [1.29, 1.82) is 0 Å². The Bertz CT molecular complexity index is 534. The van der Waals surface area contributed by atoms with E-state index in [2.05, 4.69) is 22.5 Å². The summed E-state index contributed by atoms with van der Waals surface area (Å²) in [7, 11) is 0. The summed E-state index contributed by atoms with van der Waals surface area (Å²) in [4.78, 5) is 0. The van der Waals surface area contributed by atoms with E-state index in [1.807, 2.05) is 61.5 Å². The monoisotopic (exact) mass is 302 g/mol. The average Bonchev–Trinajstić information content (AvgIpc) is 2.41. The van der Waals surface area contributed by atoms with Gasteiger partial charge in [0.15, 0.2) is 0 Å². The highest BCUT2D eigenvalue weighted by Gasteiger charge is 2.09. The van der Waals surface area contributed by atoms with Crippen molar-refractivity contribution in [3.05, 3.63) is 76.8 Å².